The second-order valence-electron chi connectivity index (χ2n) is 12.6. The smallest absolute Gasteiger partial charge is 0.332 e. The van der Waals surface area contributed by atoms with Crippen molar-refractivity contribution in [3.05, 3.63) is 0 Å². The average molecular weight is 503 g/mol. The number of carbonyl (C=O) groups excluding carboxylic acids is 2. The number of esters is 2. The lowest BCUT2D eigenvalue weighted by Gasteiger charge is -2.62. The van der Waals surface area contributed by atoms with E-state index in [4.69, 9.17) is 20.6 Å². The maximum Gasteiger partial charge on any atom is 0.332 e. The lowest BCUT2D eigenvalue weighted by atomic mass is 9.43. The van der Waals surface area contributed by atoms with Crippen molar-refractivity contribution in [3.63, 3.8) is 0 Å². The molecule has 0 saturated heterocycles. The van der Waals surface area contributed by atoms with Crippen molar-refractivity contribution in [3.8, 4) is 12.3 Å². The molecule has 4 fully saturated rings. The van der Waals surface area contributed by atoms with Gasteiger partial charge in [0.2, 0.25) is 0 Å². The fraction of sp³-hybridized carbons (Fsp3) is 0.867. The molecule has 0 unspecified atom stereocenters. The van der Waals surface area contributed by atoms with E-state index in [1.807, 2.05) is 0 Å². The van der Waals surface area contributed by atoms with E-state index in [1.165, 1.54) is 26.4 Å². The predicted molar refractivity (Wildman–Crippen MR) is 137 cm³/mol. The molecule has 6 heteroatoms. The van der Waals surface area contributed by atoms with Crippen molar-refractivity contribution in [2.75, 3.05) is 20.3 Å². The fourth-order valence-corrected chi connectivity index (χ4v) is 9.31. The summed E-state index contributed by atoms with van der Waals surface area (Å²) < 4.78 is 15.8. The van der Waals surface area contributed by atoms with Gasteiger partial charge in [-0.15, -0.1) is 6.42 Å². The molecule has 0 aromatic rings. The molecule has 4 aliphatic carbocycles. The molecule has 202 valence electrons. The van der Waals surface area contributed by atoms with Crippen molar-refractivity contribution in [1.82, 2.24) is 0 Å². The molecule has 10 atom stereocenters. The Kier molecular flexibility index (Phi) is 8.42. The van der Waals surface area contributed by atoms with Gasteiger partial charge in [0.05, 0.1) is 13.2 Å². The lowest BCUT2D eigenvalue weighted by Crippen LogP contribution is -2.59. The van der Waals surface area contributed by atoms with E-state index in [9.17, 15) is 14.7 Å². The van der Waals surface area contributed by atoms with Gasteiger partial charge < -0.3 is 19.3 Å². The standard InChI is InChI=1S/C30H46O6/c1-6-15-35-18-28(33)36-21-13-14-29(3)20(16-21)8-9-22-24-11-10-23(19(2)7-12-27(32)34-5)30(24,4)26(31)17-25(22)29/h1,19-26,31H,7-18H2,2-5H3/t19-,20-,21-,22+,23-,24+,25+,26+,29+,30-/m1/s1. The number of terminal acetylenes is 1. The molecule has 0 aromatic heterocycles. The van der Waals surface area contributed by atoms with Gasteiger partial charge in [-0.25, -0.2) is 4.79 Å². The third kappa shape index (κ3) is 4.95. The van der Waals surface area contributed by atoms with Crippen molar-refractivity contribution in [2.45, 2.75) is 97.2 Å². The highest BCUT2D eigenvalue weighted by Gasteiger charge is 2.63. The van der Waals surface area contributed by atoms with Crippen LogP contribution in [0.4, 0.5) is 0 Å². The second-order valence-corrected chi connectivity index (χ2v) is 12.6. The summed E-state index contributed by atoms with van der Waals surface area (Å²) in [5, 5.41) is 11.7. The van der Waals surface area contributed by atoms with E-state index in [2.05, 4.69) is 26.7 Å². The zero-order valence-electron chi connectivity index (χ0n) is 22.7. The van der Waals surface area contributed by atoms with Crippen LogP contribution in [0.3, 0.4) is 0 Å². The van der Waals surface area contributed by atoms with Gasteiger partial charge in [0, 0.05) is 6.42 Å². The number of fused-ring (bicyclic) bond motifs is 5. The number of methoxy groups -OCH3 is 1. The first-order chi connectivity index (χ1) is 17.1. The molecule has 0 aromatic carbocycles. The van der Waals surface area contributed by atoms with Crippen LogP contribution in [0.25, 0.3) is 0 Å². The first kappa shape index (κ1) is 27.5. The molecule has 6 nitrogen and oxygen atoms in total. The molecule has 0 bridgehead atoms. The monoisotopic (exact) mass is 502 g/mol. The van der Waals surface area contributed by atoms with Gasteiger partial charge in [-0.3, -0.25) is 4.79 Å². The van der Waals surface area contributed by atoms with Gasteiger partial charge in [0.1, 0.15) is 19.3 Å². The second kappa shape index (κ2) is 11.0. The summed E-state index contributed by atoms with van der Waals surface area (Å²) in [7, 11) is 1.45. The summed E-state index contributed by atoms with van der Waals surface area (Å²) >= 11 is 0. The van der Waals surface area contributed by atoms with E-state index < -0.39 is 0 Å². The largest absolute Gasteiger partial charge is 0.469 e. The molecule has 36 heavy (non-hydrogen) atoms. The molecule has 0 amide bonds. The fourth-order valence-electron chi connectivity index (χ4n) is 9.31. The highest BCUT2D eigenvalue weighted by molar-refractivity contribution is 5.71. The zero-order valence-corrected chi connectivity index (χ0v) is 22.7. The lowest BCUT2D eigenvalue weighted by molar-refractivity contribution is -0.183. The quantitative estimate of drug-likeness (QED) is 0.293. The van der Waals surface area contributed by atoms with Gasteiger partial charge in [0.25, 0.3) is 0 Å². The number of aliphatic hydroxyl groups is 1. The Hall–Kier alpha value is -1.58. The Morgan fingerprint density at radius 3 is 2.58 bits per heavy atom. The molecule has 4 saturated carbocycles. The highest BCUT2D eigenvalue weighted by atomic mass is 16.6. The Bertz CT molecular complexity index is 849. The molecular formula is C30H46O6. The van der Waals surface area contributed by atoms with E-state index in [1.54, 1.807) is 0 Å². The van der Waals surface area contributed by atoms with Crippen molar-refractivity contribution < 1.29 is 28.9 Å². The first-order valence-corrected chi connectivity index (χ1v) is 14.1. The predicted octanol–water partition coefficient (Wildman–Crippen LogP) is 4.77. The Labute approximate surface area is 217 Å². The van der Waals surface area contributed by atoms with Crippen LogP contribution in [0.5, 0.6) is 0 Å². The minimum absolute atomic E-state index is 0.0492. The topological polar surface area (TPSA) is 82.1 Å². The van der Waals surface area contributed by atoms with Crippen LogP contribution in [0.15, 0.2) is 0 Å². The maximum atomic E-state index is 12.2. The van der Waals surface area contributed by atoms with Gasteiger partial charge >= 0.3 is 11.9 Å². The van der Waals surface area contributed by atoms with Crippen molar-refractivity contribution in [2.24, 2.45) is 46.3 Å². The summed E-state index contributed by atoms with van der Waals surface area (Å²) in [5.74, 6) is 4.97. The van der Waals surface area contributed by atoms with Crippen LogP contribution in [-0.2, 0) is 23.8 Å². The third-order valence-corrected chi connectivity index (χ3v) is 11.2. The minimum atomic E-state index is -0.324. The van der Waals surface area contributed by atoms with Crippen LogP contribution in [0, 0.1) is 58.7 Å². The van der Waals surface area contributed by atoms with Crippen LogP contribution in [0.1, 0.15) is 85.0 Å². The SMILES string of the molecule is C#CCOCC(=O)O[C@@H]1CC[C@@]2(C)[C@H](CC[C@@H]3[C@@H]2C[C@H](O)[C@]2(C)[C@@H]([C@H](C)CCC(=O)OC)CC[C@@H]32)C1. The summed E-state index contributed by atoms with van der Waals surface area (Å²) in [5.41, 5.74) is 0.105. The minimum Gasteiger partial charge on any atom is -0.469 e. The van der Waals surface area contributed by atoms with Gasteiger partial charge in [0.15, 0.2) is 0 Å². The van der Waals surface area contributed by atoms with Gasteiger partial charge in [-0.1, -0.05) is 26.7 Å². The van der Waals surface area contributed by atoms with Crippen LogP contribution in [-0.4, -0.2) is 49.6 Å². The van der Waals surface area contributed by atoms with Gasteiger partial charge in [-0.05, 0) is 104 Å². The average Bonchev–Trinajstić information content (AvgIpc) is 3.22. The number of hydrogen-bond donors (Lipinski definition) is 1. The molecule has 0 heterocycles. The molecule has 4 rings (SSSR count). The Balaban J connectivity index is 1.42. The van der Waals surface area contributed by atoms with Crippen LogP contribution in [0.2, 0.25) is 0 Å². The Morgan fingerprint density at radius 2 is 1.86 bits per heavy atom. The van der Waals surface area contributed by atoms with E-state index in [0.717, 1.165) is 38.5 Å². The normalized spacial score (nSPS) is 42.3. The summed E-state index contributed by atoms with van der Waals surface area (Å²) in [4.78, 5) is 23.9. The number of aliphatic hydroxyl groups excluding tert-OH is 1. The maximum absolute atomic E-state index is 12.2. The zero-order chi connectivity index (χ0) is 26.1. The van der Waals surface area contributed by atoms with Crippen molar-refractivity contribution >= 4 is 11.9 Å². The summed E-state index contributed by atoms with van der Waals surface area (Å²) in [6.45, 7) is 7.09. The molecule has 0 aliphatic heterocycles. The first-order valence-electron chi connectivity index (χ1n) is 14.1. The number of hydrogen-bond acceptors (Lipinski definition) is 6. The highest BCUT2D eigenvalue weighted by Crippen LogP contribution is 2.68. The van der Waals surface area contributed by atoms with Gasteiger partial charge in [-0.2, -0.15) is 0 Å². The Morgan fingerprint density at radius 1 is 1.08 bits per heavy atom. The van der Waals surface area contributed by atoms with E-state index in [-0.39, 0.29) is 48.2 Å². The molecule has 0 spiro atoms. The molecular weight excluding hydrogens is 456 g/mol. The van der Waals surface area contributed by atoms with E-state index >= 15 is 0 Å². The third-order valence-electron chi connectivity index (χ3n) is 11.2. The number of carbonyl (C=O) groups is 2. The summed E-state index contributed by atoms with van der Waals surface area (Å²) in [6, 6.07) is 0. The number of ether oxygens (including phenoxy) is 3. The summed E-state index contributed by atoms with van der Waals surface area (Å²) in [6.07, 6.45) is 14.5. The van der Waals surface area contributed by atoms with Crippen LogP contribution >= 0.6 is 0 Å². The number of rotatable bonds is 8. The molecule has 4 aliphatic rings. The molecule has 0 radical (unpaired) electrons. The van der Waals surface area contributed by atoms with E-state index in [0.29, 0.717) is 41.9 Å². The van der Waals surface area contributed by atoms with Crippen molar-refractivity contribution in [1.29, 1.82) is 0 Å². The molecule has 1 N–H and O–H groups in total. The van der Waals surface area contributed by atoms with Crippen LogP contribution < -0.4 is 0 Å².